The number of nitrogens with one attached hydrogen (secondary N) is 2. The Morgan fingerprint density at radius 1 is 1.10 bits per heavy atom. The van der Waals surface area contributed by atoms with E-state index in [9.17, 15) is 9.18 Å². The van der Waals surface area contributed by atoms with Gasteiger partial charge in [-0.25, -0.2) is 9.18 Å². The molecular weight excluding hydrogens is 259 g/mol. The first-order chi connectivity index (χ1) is 9.72. The highest BCUT2D eigenvalue weighted by atomic mass is 19.1. The summed E-state index contributed by atoms with van der Waals surface area (Å²) in [5.41, 5.74) is 0. The number of benzene rings is 1. The molecule has 2 N–H and O–H groups in total. The first-order valence-corrected chi connectivity index (χ1v) is 7.12. The van der Waals surface area contributed by atoms with Crippen molar-refractivity contribution in [3.05, 3.63) is 30.1 Å². The van der Waals surface area contributed by atoms with Crippen LogP contribution in [0.5, 0.6) is 5.75 Å². The molecule has 1 aromatic carbocycles. The predicted molar refractivity (Wildman–Crippen MR) is 77.4 cm³/mol. The second-order valence-corrected chi connectivity index (χ2v) is 4.55. The van der Waals surface area contributed by atoms with E-state index in [0.717, 1.165) is 32.2 Å². The quantitative estimate of drug-likeness (QED) is 0.684. The molecule has 2 amide bonds. The van der Waals surface area contributed by atoms with E-state index in [1.165, 1.54) is 12.1 Å². The Bertz CT molecular complexity index is 382. The number of carbonyl (C=O) groups is 1. The molecule has 0 aliphatic heterocycles. The third kappa shape index (κ3) is 7.61. The Morgan fingerprint density at radius 2 is 1.75 bits per heavy atom. The molecule has 0 saturated heterocycles. The van der Waals surface area contributed by atoms with Crippen LogP contribution in [0, 0.1) is 5.82 Å². The van der Waals surface area contributed by atoms with Crippen LogP contribution in [0.1, 0.15) is 32.6 Å². The number of amides is 2. The molecule has 0 spiro atoms. The number of rotatable bonds is 9. The third-order valence-corrected chi connectivity index (χ3v) is 2.75. The largest absolute Gasteiger partial charge is 0.494 e. The number of hydrogen-bond acceptors (Lipinski definition) is 2. The van der Waals surface area contributed by atoms with Crippen molar-refractivity contribution in [2.45, 2.75) is 32.6 Å². The van der Waals surface area contributed by atoms with Gasteiger partial charge in [0.2, 0.25) is 0 Å². The zero-order valence-corrected chi connectivity index (χ0v) is 12.0. The van der Waals surface area contributed by atoms with Crippen LogP contribution in [0.3, 0.4) is 0 Å². The summed E-state index contributed by atoms with van der Waals surface area (Å²) in [4.78, 5) is 11.3. The minimum Gasteiger partial charge on any atom is -0.494 e. The average molecular weight is 282 g/mol. The molecule has 0 heterocycles. The second kappa shape index (κ2) is 10.1. The monoisotopic (exact) mass is 282 g/mol. The minimum atomic E-state index is -0.268. The van der Waals surface area contributed by atoms with Gasteiger partial charge < -0.3 is 15.4 Å². The van der Waals surface area contributed by atoms with Crippen molar-refractivity contribution in [2.24, 2.45) is 0 Å². The van der Waals surface area contributed by atoms with Crippen LogP contribution in [0.2, 0.25) is 0 Å². The van der Waals surface area contributed by atoms with E-state index in [4.69, 9.17) is 4.74 Å². The van der Waals surface area contributed by atoms with Gasteiger partial charge in [-0.05, 0) is 43.5 Å². The van der Waals surface area contributed by atoms with E-state index in [0.29, 0.717) is 18.9 Å². The number of carbonyl (C=O) groups excluding carboxylic acids is 1. The molecule has 112 valence electrons. The molecule has 0 bridgehead atoms. The van der Waals surface area contributed by atoms with Crippen LogP contribution >= 0.6 is 0 Å². The molecule has 0 saturated carbocycles. The molecular formula is C15H23FN2O2. The highest BCUT2D eigenvalue weighted by molar-refractivity contribution is 5.73. The zero-order chi connectivity index (χ0) is 14.6. The predicted octanol–water partition coefficient (Wildman–Crippen LogP) is 3.08. The lowest BCUT2D eigenvalue weighted by Gasteiger charge is -2.08. The fourth-order valence-electron chi connectivity index (χ4n) is 1.59. The molecule has 0 radical (unpaired) electrons. The van der Waals surface area contributed by atoms with Crippen LogP contribution in [-0.2, 0) is 0 Å². The Hall–Kier alpha value is -1.78. The first kappa shape index (κ1) is 16.3. The highest BCUT2D eigenvalue weighted by Gasteiger charge is 1.98. The number of urea groups is 1. The molecule has 4 nitrogen and oxygen atoms in total. The Morgan fingerprint density at radius 3 is 2.40 bits per heavy atom. The maximum Gasteiger partial charge on any atom is 0.314 e. The van der Waals surface area contributed by atoms with E-state index in [1.54, 1.807) is 12.1 Å². The van der Waals surface area contributed by atoms with Crippen molar-refractivity contribution < 1.29 is 13.9 Å². The van der Waals surface area contributed by atoms with Gasteiger partial charge in [0.15, 0.2) is 0 Å². The molecule has 0 unspecified atom stereocenters. The minimum absolute atomic E-state index is 0.113. The Labute approximate surface area is 119 Å². The number of hydrogen-bond donors (Lipinski definition) is 2. The molecule has 0 aliphatic rings. The van der Waals surface area contributed by atoms with Crippen molar-refractivity contribution >= 4 is 6.03 Å². The maximum atomic E-state index is 12.7. The summed E-state index contributed by atoms with van der Waals surface area (Å²) in [5.74, 6) is 0.396. The van der Waals surface area contributed by atoms with Crippen molar-refractivity contribution in [3.63, 3.8) is 0 Å². The molecule has 0 fully saturated rings. The summed E-state index contributed by atoms with van der Waals surface area (Å²) in [6.07, 6.45) is 3.76. The fraction of sp³-hybridized carbons (Fsp3) is 0.533. The SMILES string of the molecule is CCCCNC(=O)NCCCCOc1ccc(F)cc1. The van der Waals surface area contributed by atoms with Gasteiger partial charge in [0.05, 0.1) is 6.61 Å². The van der Waals surface area contributed by atoms with Crippen molar-refractivity contribution in [1.29, 1.82) is 0 Å². The Kier molecular flexibility index (Phi) is 8.19. The van der Waals surface area contributed by atoms with E-state index in [2.05, 4.69) is 17.6 Å². The van der Waals surface area contributed by atoms with E-state index < -0.39 is 0 Å². The van der Waals surface area contributed by atoms with Gasteiger partial charge in [0.25, 0.3) is 0 Å². The van der Waals surface area contributed by atoms with Gasteiger partial charge in [-0.2, -0.15) is 0 Å². The van der Waals surface area contributed by atoms with E-state index >= 15 is 0 Å². The maximum absolute atomic E-state index is 12.7. The number of ether oxygens (including phenoxy) is 1. The van der Waals surface area contributed by atoms with Gasteiger partial charge in [-0.1, -0.05) is 13.3 Å². The van der Waals surface area contributed by atoms with Crippen molar-refractivity contribution in [3.8, 4) is 5.75 Å². The van der Waals surface area contributed by atoms with Crippen LogP contribution in [0.25, 0.3) is 0 Å². The van der Waals surface area contributed by atoms with Gasteiger partial charge >= 0.3 is 6.03 Å². The molecule has 20 heavy (non-hydrogen) atoms. The lowest BCUT2D eigenvalue weighted by Crippen LogP contribution is -2.36. The molecule has 1 rings (SSSR count). The standard InChI is InChI=1S/C15H23FN2O2/c1-2-3-10-17-15(19)18-11-4-5-12-20-14-8-6-13(16)7-9-14/h6-9H,2-5,10-12H2,1H3,(H2,17,18,19). The topological polar surface area (TPSA) is 50.4 Å². The van der Waals surface area contributed by atoms with Crippen LogP contribution in [0.15, 0.2) is 24.3 Å². The normalized spacial score (nSPS) is 10.1. The molecule has 0 aliphatic carbocycles. The summed E-state index contributed by atoms with van der Waals surface area (Å²) in [6.45, 7) is 3.99. The summed E-state index contributed by atoms with van der Waals surface area (Å²) >= 11 is 0. The summed E-state index contributed by atoms with van der Waals surface area (Å²) in [5, 5.41) is 5.58. The van der Waals surface area contributed by atoms with Crippen molar-refractivity contribution in [2.75, 3.05) is 19.7 Å². The van der Waals surface area contributed by atoms with Gasteiger partial charge in [-0.3, -0.25) is 0 Å². The molecule has 1 aromatic rings. The number of halogens is 1. The summed E-state index contributed by atoms with van der Waals surface area (Å²) < 4.78 is 18.1. The Balaban J connectivity index is 1.97. The zero-order valence-electron chi connectivity index (χ0n) is 12.0. The first-order valence-electron chi connectivity index (χ1n) is 7.12. The van der Waals surface area contributed by atoms with Crippen LogP contribution in [-0.4, -0.2) is 25.7 Å². The van der Waals surface area contributed by atoms with Gasteiger partial charge in [0, 0.05) is 13.1 Å². The summed E-state index contributed by atoms with van der Waals surface area (Å²) in [6, 6.07) is 5.84. The summed E-state index contributed by atoms with van der Waals surface area (Å²) in [7, 11) is 0. The molecule has 0 atom stereocenters. The lowest BCUT2D eigenvalue weighted by molar-refractivity contribution is 0.240. The molecule has 0 aromatic heterocycles. The average Bonchev–Trinajstić information content (AvgIpc) is 2.45. The smallest absolute Gasteiger partial charge is 0.314 e. The van der Waals surface area contributed by atoms with E-state index in [-0.39, 0.29) is 11.8 Å². The molecule has 5 heteroatoms. The third-order valence-electron chi connectivity index (χ3n) is 2.75. The fourth-order valence-corrected chi connectivity index (χ4v) is 1.59. The second-order valence-electron chi connectivity index (χ2n) is 4.55. The van der Waals surface area contributed by atoms with Gasteiger partial charge in [0.1, 0.15) is 11.6 Å². The lowest BCUT2D eigenvalue weighted by atomic mass is 10.3. The van der Waals surface area contributed by atoms with Crippen LogP contribution in [0.4, 0.5) is 9.18 Å². The highest BCUT2D eigenvalue weighted by Crippen LogP contribution is 2.11. The van der Waals surface area contributed by atoms with Crippen molar-refractivity contribution in [1.82, 2.24) is 10.6 Å². The van der Waals surface area contributed by atoms with Gasteiger partial charge in [-0.15, -0.1) is 0 Å². The van der Waals surface area contributed by atoms with E-state index in [1.807, 2.05) is 0 Å². The van der Waals surface area contributed by atoms with Crippen LogP contribution < -0.4 is 15.4 Å². The number of unbranched alkanes of at least 4 members (excludes halogenated alkanes) is 2.